The average molecular weight is 287 g/mol. The molecule has 3 nitrogen and oxygen atoms in total. The molecule has 0 fully saturated rings. The SMILES string of the molecule is CC(C)C[C@](C)(N)COc1ncccc1Br. The Morgan fingerprint density at radius 2 is 2.25 bits per heavy atom. The number of ether oxygens (including phenoxy) is 1. The highest BCUT2D eigenvalue weighted by Gasteiger charge is 2.21. The second kappa shape index (κ2) is 5.64. The van der Waals surface area contributed by atoms with Gasteiger partial charge >= 0.3 is 0 Å². The molecule has 0 aromatic carbocycles. The minimum atomic E-state index is -0.314. The monoisotopic (exact) mass is 286 g/mol. The van der Waals surface area contributed by atoms with Gasteiger partial charge in [-0.05, 0) is 47.3 Å². The van der Waals surface area contributed by atoms with E-state index in [4.69, 9.17) is 10.5 Å². The number of rotatable bonds is 5. The Morgan fingerprint density at radius 3 is 2.81 bits per heavy atom. The molecule has 0 aliphatic heterocycles. The summed E-state index contributed by atoms with van der Waals surface area (Å²) in [6.45, 7) is 6.79. The Balaban J connectivity index is 2.54. The fourth-order valence-electron chi connectivity index (χ4n) is 1.70. The van der Waals surface area contributed by atoms with Crippen molar-refractivity contribution in [2.24, 2.45) is 11.7 Å². The minimum Gasteiger partial charge on any atom is -0.475 e. The molecule has 4 heteroatoms. The molecular formula is C12H19BrN2O. The van der Waals surface area contributed by atoms with Gasteiger partial charge < -0.3 is 10.5 Å². The molecule has 1 aromatic rings. The van der Waals surface area contributed by atoms with Crippen LogP contribution in [0.1, 0.15) is 27.2 Å². The van der Waals surface area contributed by atoms with Crippen LogP contribution in [0.5, 0.6) is 5.88 Å². The van der Waals surface area contributed by atoms with E-state index in [9.17, 15) is 0 Å². The zero-order chi connectivity index (χ0) is 12.2. The smallest absolute Gasteiger partial charge is 0.227 e. The van der Waals surface area contributed by atoms with E-state index in [1.54, 1.807) is 6.20 Å². The van der Waals surface area contributed by atoms with Crippen LogP contribution >= 0.6 is 15.9 Å². The molecule has 2 N–H and O–H groups in total. The molecule has 0 radical (unpaired) electrons. The normalized spacial score (nSPS) is 14.9. The van der Waals surface area contributed by atoms with Gasteiger partial charge in [0.05, 0.1) is 4.47 Å². The van der Waals surface area contributed by atoms with Crippen LogP contribution in [-0.2, 0) is 0 Å². The third-order valence-corrected chi connectivity index (χ3v) is 2.74. The van der Waals surface area contributed by atoms with Crippen LogP contribution in [0.3, 0.4) is 0 Å². The highest BCUT2D eigenvalue weighted by atomic mass is 79.9. The van der Waals surface area contributed by atoms with Gasteiger partial charge in [-0.15, -0.1) is 0 Å². The third-order valence-electron chi connectivity index (χ3n) is 2.14. The van der Waals surface area contributed by atoms with E-state index in [-0.39, 0.29) is 5.54 Å². The molecule has 0 spiro atoms. The van der Waals surface area contributed by atoms with Gasteiger partial charge in [-0.3, -0.25) is 0 Å². The molecule has 1 heterocycles. The molecule has 0 unspecified atom stereocenters. The number of pyridine rings is 1. The van der Waals surface area contributed by atoms with Crippen LogP contribution in [0.25, 0.3) is 0 Å². The van der Waals surface area contributed by atoms with Crippen molar-refractivity contribution in [3.05, 3.63) is 22.8 Å². The molecule has 90 valence electrons. The summed E-state index contributed by atoms with van der Waals surface area (Å²) in [7, 11) is 0. The van der Waals surface area contributed by atoms with Crippen molar-refractivity contribution in [2.75, 3.05) is 6.61 Å². The molecule has 1 rings (SSSR count). The van der Waals surface area contributed by atoms with Gasteiger partial charge in [-0.1, -0.05) is 13.8 Å². The van der Waals surface area contributed by atoms with Crippen LogP contribution in [-0.4, -0.2) is 17.1 Å². The van der Waals surface area contributed by atoms with Crippen molar-refractivity contribution in [3.63, 3.8) is 0 Å². The van der Waals surface area contributed by atoms with E-state index in [0.717, 1.165) is 10.9 Å². The zero-order valence-corrected chi connectivity index (χ0v) is 11.6. The van der Waals surface area contributed by atoms with E-state index < -0.39 is 0 Å². The summed E-state index contributed by atoms with van der Waals surface area (Å²) in [5, 5.41) is 0. The summed E-state index contributed by atoms with van der Waals surface area (Å²) in [6, 6.07) is 3.76. The number of nitrogens with two attached hydrogens (primary N) is 1. The molecule has 0 saturated heterocycles. The summed E-state index contributed by atoms with van der Waals surface area (Å²) in [6.07, 6.45) is 2.63. The first-order valence-electron chi connectivity index (χ1n) is 5.43. The maximum Gasteiger partial charge on any atom is 0.227 e. The van der Waals surface area contributed by atoms with E-state index >= 15 is 0 Å². The van der Waals surface area contributed by atoms with Crippen LogP contribution in [0.2, 0.25) is 0 Å². The Hall–Kier alpha value is -0.610. The van der Waals surface area contributed by atoms with Gasteiger partial charge in [0.15, 0.2) is 0 Å². The Morgan fingerprint density at radius 1 is 1.56 bits per heavy atom. The summed E-state index contributed by atoms with van der Waals surface area (Å²) in [5.41, 5.74) is 5.83. The van der Waals surface area contributed by atoms with Crippen molar-refractivity contribution in [2.45, 2.75) is 32.7 Å². The number of hydrogen-bond acceptors (Lipinski definition) is 3. The van der Waals surface area contributed by atoms with Gasteiger partial charge in [-0.25, -0.2) is 4.98 Å². The lowest BCUT2D eigenvalue weighted by atomic mass is 9.93. The summed E-state index contributed by atoms with van der Waals surface area (Å²) < 4.78 is 6.48. The number of halogens is 1. The van der Waals surface area contributed by atoms with Gasteiger partial charge in [0.25, 0.3) is 0 Å². The molecule has 0 aliphatic rings. The van der Waals surface area contributed by atoms with Crippen molar-refractivity contribution >= 4 is 15.9 Å². The quantitative estimate of drug-likeness (QED) is 0.905. The number of hydrogen-bond donors (Lipinski definition) is 1. The first-order chi connectivity index (χ1) is 7.41. The van der Waals surface area contributed by atoms with E-state index in [2.05, 4.69) is 34.8 Å². The topological polar surface area (TPSA) is 48.1 Å². The van der Waals surface area contributed by atoms with Crippen molar-refractivity contribution < 1.29 is 4.74 Å². The van der Waals surface area contributed by atoms with Crippen molar-refractivity contribution in [3.8, 4) is 5.88 Å². The first-order valence-corrected chi connectivity index (χ1v) is 6.22. The van der Waals surface area contributed by atoms with Crippen LogP contribution in [0.15, 0.2) is 22.8 Å². The largest absolute Gasteiger partial charge is 0.475 e. The van der Waals surface area contributed by atoms with Crippen LogP contribution in [0.4, 0.5) is 0 Å². The number of aromatic nitrogens is 1. The second-order valence-corrected chi connectivity index (χ2v) is 5.69. The van der Waals surface area contributed by atoms with Crippen LogP contribution < -0.4 is 10.5 Å². The zero-order valence-electron chi connectivity index (χ0n) is 10.0. The Bertz CT molecular complexity index is 340. The first kappa shape index (κ1) is 13.5. The molecule has 0 saturated carbocycles. The van der Waals surface area contributed by atoms with Gasteiger partial charge in [0, 0.05) is 11.7 Å². The second-order valence-electron chi connectivity index (χ2n) is 4.83. The predicted molar refractivity (Wildman–Crippen MR) is 69.5 cm³/mol. The summed E-state index contributed by atoms with van der Waals surface area (Å²) in [4.78, 5) is 4.14. The van der Waals surface area contributed by atoms with E-state index in [0.29, 0.717) is 18.4 Å². The Labute approximate surface area is 106 Å². The molecule has 0 amide bonds. The fraction of sp³-hybridized carbons (Fsp3) is 0.583. The molecule has 0 aliphatic carbocycles. The van der Waals surface area contributed by atoms with Crippen molar-refractivity contribution in [1.82, 2.24) is 4.98 Å². The molecule has 1 atom stereocenters. The highest BCUT2D eigenvalue weighted by Crippen LogP contribution is 2.22. The lowest BCUT2D eigenvalue weighted by molar-refractivity contribution is 0.199. The van der Waals surface area contributed by atoms with E-state index in [1.807, 2.05) is 19.1 Å². The van der Waals surface area contributed by atoms with Crippen molar-refractivity contribution in [1.29, 1.82) is 0 Å². The molecule has 0 bridgehead atoms. The minimum absolute atomic E-state index is 0.314. The summed E-state index contributed by atoms with van der Waals surface area (Å²) in [5.74, 6) is 1.16. The van der Waals surface area contributed by atoms with Gasteiger partial charge in [-0.2, -0.15) is 0 Å². The van der Waals surface area contributed by atoms with Gasteiger partial charge in [0.2, 0.25) is 5.88 Å². The highest BCUT2D eigenvalue weighted by molar-refractivity contribution is 9.10. The lowest BCUT2D eigenvalue weighted by Crippen LogP contribution is -2.43. The molecule has 1 aromatic heterocycles. The number of nitrogens with zero attached hydrogens (tertiary/aromatic N) is 1. The van der Waals surface area contributed by atoms with E-state index in [1.165, 1.54) is 0 Å². The maximum absolute atomic E-state index is 6.15. The third kappa shape index (κ3) is 4.49. The molecular weight excluding hydrogens is 268 g/mol. The lowest BCUT2D eigenvalue weighted by Gasteiger charge is -2.26. The average Bonchev–Trinajstić information content (AvgIpc) is 2.14. The van der Waals surface area contributed by atoms with Crippen LogP contribution in [0, 0.1) is 5.92 Å². The Kier molecular flexibility index (Phi) is 4.74. The maximum atomic E-state index is 6.15. The molecule has 16 heavy (non-hydrogen) atoms. The predicted octanol–water partition coefficient (Wildman–Crippen LogP) is 2.99. The fourth-order valence-corrected chi connectivity index (χ4v) is 2.07. The van der Waals surface area contributed by atoms with Gasteiger partial charge in [0.1, 0.15) is 6.61 Å². The summed E-state index contributed by atoms with van der Waals surface area (Å²) >= 11 is 3.39. The standard InChI is InChI=1S/C12H19BrN2O/c1-9(2)7-12(3,14)8-16-11-10(13)5-4-6-15-11/h4-6,9H,7-8,14H2,1-3H3/t12-/m0/s1.